The zero-order valence-electron chi connectivity index (χ0n) is 13.0. The number of anilines is 1. The van der Waals surface area contributed by atoms with Crippen molar-refractivity contribution >= 4 is 17.5 Å². The molecule has 116 valence electrons. The summed E-state index contributed by atoms with van der Waals surface area (Å²) in [4.78, 5) is 26.7. The molecule has 0 aromatic heterocycles. The summed E-state index contributed by atoms with van der Waals surface area (Å²) in [6.45, 7) is 2.97. The highest BCUT2D eigenvalue weighted by molar-refractivity contribution is 6.02. The summed E-state index contributed by atoms with van der Waals surface area (Å²) in [5.41, 5.74) is 3.39. The number of carbonyl (C=O) groups is 2. The lowest BCUT2D eigenvalue weighted by atomic mass is 9.71. The van der Waals surface area contributed by atoms with Crippen LogP contribution in [0.15, 0.2) is 48.5 Å². The number of carbonyl (C=O) groups excluding carboxylic acids is 2. The Morgan fingerprint density at radius 3 is 2.52 bits per heavy atom. The van der Waals surface area contributed by atoms with Gasteiger partial charge in [-0.25, -0.2) is 0 Å². The molecule has 4 heteroatoms. The van der Waals surface area contributed by atoms with Crippen LogP contribution < -0.4 is 5.32 Å². The summed E-state index contributed by atoms with van der Waals surface area (Å²) >= 11 is 0. The van der Waals surface area contributed by atoms with Gasteiger partial charge in [0.25, 0.3) is 5.91 Å². The number of nitrogens with zero attached hydrogens (tertiary/aromatic N) is 1. The second-order valence-electron chi connectivity index (χ2n) is 6.60. The van der Waals surface area contributed by atoms with Crippen LogP contribution in [0.2, 0.25) is 0 Å². The maximum atomic E-state index is 12.5. The first-order chi connectivity index (χ1) is 11.1. The molecule has 1 spiro atoms. The smallest absolute Gasteiger partial charge is 0.253 e. The summed E-state index contributed by atoms with van der Waals surface area (Å²) in [5.74, 6) is 0.0337. The van der Waals surface area contributed by atoms with Gasteiger partial charge in [0.15, 0.2) is 0 Å². The number of benzene rings is 2. The van der Waals surface area contributed by atoms with Gasteiger partial charge in [-0.2, -0.15) is 0 Å². The fraction of sp³-hybridized carbons (Fsp3) is 0.263. The van der Waals surface area contributed by atoms with Crippen LogP contribution in [0.1, 0.15) is 21.5 Å². The van der Waals surface area contributed by atoms with Gasteiger partial charge in [-0.05, 0) is 37.1 Å². The highest BCUT2D eigenvalue weighted by Gasteiger charge is 2.52. The molecule has 0 saturated carbocycles. The number of fused-ring (bicyclic) bond motifs is 1. The summed E-state index contributed by atoms with van der Waals surface area (Å²) in [6, 6.07) is 15.4. The molecule has 4 nitrogen and oxygen atoms in total. The molecule has 4 rings (SSSR count). The van der Waals surface area contributed by atoms with Crippen molar-refractivity contribution in [3.63, 3.8) is 0 Å². The molecule has 23 heavy (non-hydrogen) atoms. The zero-order chi connectivity index (χ0) is 16.0. The highest BCUT2D eigenvalue weighted by atomic mass is 16.2. The van der Waals surface area contributed by atoms with Gasteiger partial charge >= 0.3 is 0 Å². The van der Waals surface area contributed by atoms with Crippen molar-refractivity contribution in [2.24, 2.45) is 5.41 Å². The zero-order valence-corrected chi connectivity index (χ0v) is 13.0. The normalized spacial score (nSPS) is 18.1. The van der Waals surface area contributed by atoms with E-state index in [4.69, 9.17) is 0 Å². The Labute approximate surface area is 135 Å². The van der Waals surface area contributed by atoms with E-state index in [1.165, 1.54) is 0 Å². The molecule has 0 unspecified atom stereocenters. The Morgan fingerprint density at radius 2 is 1.78 bits per heavy atom. The molecule has 2 heterocycles. The number of likely N-dealkylation sites (tertiary alicyclic amines) is 1. The first kappa shape index (κ1) is 14.0. The molecule has 0 radical (unpaired) electrons. The van der Waals surface area contributed by atoms with Crippen molar-refractivity contribution in [3.8, 4) is 0 Å². The lowest BCUT2D eigenvalue weighted by molar-refractivity contribution is -0.134. The summed E-state index contributed by atoms with van der Waals surface area (Å²) in [7, 11) is 0. The SMILES string of the molecule is Cc1ccc(C(=O)N2CC3(Cc4ccccc4NC3=O)C2)cc1. The molecular weight excluding hydrogens is 288 g/mol. The maximum absolute atomic E-state index is 12.5. The van der Waals surface area contributed by atoms with Gasteiger partial charge in [-0.3, -0.25) is 9.59 Å². The number of aryl methyl sites for hydroxylation is 1. The number of hydrogen-bond acceptors (Lipinski definition) is 2. The molecular formula is C19H18N2O2. The standard InChI is InChI=1S/C19H18N2O2/c1-13-6-8-14(9-7-13)17(22)21-11-19(12-21)10-15-4-2-3-5-16(15)20-18(19)23/h2-9H,10-12H2,1H3,(H,20,23). The minimum atomic E-state index is -0.464. The van der Waals surface area contributed by atoms with Gasteiger partial charge in [0, 0.05) is 24.3 Å². The Balaban J connectivity index is 1.51. The molecule has 0 atom stereocenters. The first-order valence-corrected chi connectivity index (χ1v) is 7.83. The summed E-state index contributed by atoms with van der Waals surface area (Å²) < 4.78 is 0. The topological polar surface area (TPSA) is 49.4 Å². The first-order valence-electron chi connectivity index (χ1n) is 7.83. The van der Waals surface area contributed by atoms with Crippen LogP contribution in [-0.2, 0) is 11.2 Å². The van der Waals surface area contributed by atoms with Gasteiger partial charge in [0.1, 0.15) is 0 Å². The number of amides is 2. The van der Waals surface area contributed by atoms with E-state index >= 15 is 0 Å². The van der Waals surface area contributed by atoms with E-state index in [1.807, 2.05) is 55.5 Å². The molecule has 1 N–H and O–H groups in total. The van der Waals surface area contributed by atoms with Crippen LogP contribution >= 0.6 is 0 Å². The van der Waals surface area contributed by atoms with Gasteiger partial charge < -0.3 is 10.2 Å². The van der Waals surface area contributed by atoms with Crippen molar-refractivity contribution in [1.82, 2.24) is 4.90 Å². The van der Waals surface area contributed by atoms with E-state index in [9.17, 15) is 9.59 Å². The third-order valence-corrected chi connectivity index (χ3v) is 4.85. The number of nitrogens with one attached hydrogen (secondary N) is 1. The molecule has 2 aliphatic rings. The molecule has 2 aromatic carbocycles. The number of hydrogen-bond donors (Lipinski definition) is 1. The largest absolute Gasteiger partial charge is 0.336 e. The van der Waals surface area contributed by atoms with Crippen LogP contribution in [0.3, 0.4) is 0 Å². The van der Waals surface area contributed by atoms with E-state index in [0.29, 0.717) is 25.1 Å². The Morgan fingerprint density at radius 1 is 1.09 bits per heavy atom. The van der Waals surface area contributed by atoms with E-state index in [2.05, 4.69) is 5.32 Å². The van der Waals surface area contributed by atoms with E-state index < -0.39 is 5.41 Å². The van der Waals surface area contributed by atoms with Crippen molar-refractivity contribution < 1.29 is 9.59 Å². The predicted octanol–water partition coefficient (Wildman–Crippen LogP) is 2.63. The molecule has 0 aliphatic carbocycles. The second-order valence-corrected chi connectivity index (χ2v) is 6.60. The maximum Gasteiger partial charge on any atom is 0.253 e. The lowest BCUT2D eigenvalue weighted by Gasteiger charge is -2.50. The van der Waals surface area contributed by atoms with Gasteiger partial charge in [0.2, 0.25) is 5.91 Å². The molecule has 1 saturated heterocycles. The van der Waals surface area contributed by atoms with Crippen molar-refractivity contribution in [2.75, 3.05) is 18.4 Å². The van der Waals surface area contributed by atoms with Crippen LogP contribution in [0.25, 0.3) is 0 Å². The minimum Gasteiger partial charge on any atom is -0.336 e. The fourth-order valence-electron chi connectivity index (χ4n) is 3.46. The van der Waals surface area contributed by atoms with Crippen LogP contribution in [-0.4, -0.2) is 29.8 Å². The van der Waals surface area contributed by atoms with Gasteiger partial charge in [0.05, 0.1) is 5.41 Å². The third-order valence-electron chi connectivity index (χ3n) is 4.85. The Kier molecular flexibility index (Phi) is 3.01. The highest BCUT2D eigenvalue weighted by Crippen LogP contribution is 2.41. The monoisotopic (exact) mass is 306 g/mol. The van der Waals surface area contributed by atoms with Crippen molar-refractivity contribution in [3.05, 3.63) is 65.2 Å². The summed E-state index contributed by atoms with van der Waals surface area (Å²) in [6.07, 6.45) is 0.701. The van der Waals surface area contributed by atoms with Crippen LogP contribution in [0.5, 0.6) is 0 Å². The van der Waals surface area contributed by atoms with Crippen molar-refractivity contribution in [2.45, 2.75) is 13.3 Å². The van der Waals surface area contributed by atoms with Crippen LogP contribution in [0, 0.1) is 12.3 Å². The summed E-state index contributed by atoms with van der Waals surface area (Å²) in [5, 5.41) is 2.98. The third kappa shape index (κ3) is 2.22. The van der Waals surface area contributed by atoms with E-state index in [0.717, 1.165) is 16.8 Å². The number of para-hydroxylation sites is 1. The minimum absolute atomic E-state index is 0.00211. The lowest BCUT2D eigenvalue weighted by Crippen LogP contribution is -2.65. The average molecular weight is 306 g/mol. The molecule has 0 bridgehead atoms. The molecule has 2 amide bonds. The van der Waals surface area contributed by atoms with E-state index in [1.54, 1.807) is 4.90 Å². The van der Waals surface area contributed by atoms with Gasteiger partial charge in [-0.15, -0.1) is 0 Å². The van der Waals surface area contributed by atoms with E-state index in [-0.39, 0.29) is 11.8 Å². The quantitative estimate of drug-likeness (QED) is 0.880. The van der Waals surface area contributed by atoms with Gasteiger partial charge in [-0.1, -0.05) is 35.9 Å². The number of rotatable bonds is 1. The van der Waals surface area contributed by atoms with Crippen molar-refractivity contribution in [1.29, 1.82) is 0 Å². The molecule has 1 fully saturated rings. The second kappa shape index (κ2) is 4.95. The average Bonchev–Trinajstić information content (AvgIpc) is 2.52. The Bertz CT molecular complexity index is 789. The predicted molar refractivity (Wildman–Crippen MR) is 88.3 cm³/mol. The fourth-order valence-corrected chi connectivity index (χ4v) is 3.46. The Hall–Kier alpha value is -2.62. The van der Waals surface area contributed by atoms with Crippen LogP contribution in [0.4, 0.5) is 5.69 Å². The molecule has 2 aliphatic heterocycles. The molecule has 2 aromatic rings.